The molecule has 0 unspecified atom stereocenters. The maximum absolute atomic E-state index is 9.41. The van der Waals surface area contributed by atoms with Crippen molar-refractivity contribution in [3.63, 3.8) is 0 Å². The van der Waals surface area contributed by atoms with Crippen molar-refractivity contribution in [3.8, 4) is 0 Å². The van der Waals surface area contributed by atoms with Crippen LogP contribution in [0.5, 0.6) is 0 Å². The summed E-state index contributed by atoms with van der Waals surface area (Å²) >= 11 is 0. The first-order valence-electron chi connectivity index (χ1n) is 6.01. The van der Waals surface area contributed by atoms with Crippen LogP contribution in [0.1, 0.15) is 32.6 Å². The highest BCUT2D eigenvalue weighted by Gasteiger charge is 2.27. The summed E-state index contributed by atoms with van der Waals surface area (Å²) in [5.41, 5.74) is 1.69. The van der Waals surface area contributed by atoms with Crippen molar-refractivity contribution in [2.45, 2.75) is 32.5 Å². The molecule has 0 bridgehead atoms. The van der Waals surface area contributed by atoms with Crippen molar-refractivity contribution in [1.82, 2.24) is 4.98 Å². The number of anilines is 1. The minimum Gasteiger partial charge on any atom is -0.387 e. The second kappa shape index (κ2) is 4.63. The number of ether oxygens (including phenoxy) is 1. The molecule has 0 aliphatic carbocycles. The number of nitrogens with zero attached hydrogens (tertiary/aromatic N) is 2. The molecule has 94 valence electrons. The van der Waals surface area contributed by atoms with Crippen LogP contribution in [-0.4, -0.2) is 35.4 Å². The fourth-order valence-corrected chi connectivity index (χ4v) is 2.07. The third-order valence-electron chi connectivity index (χ3n) is 2.99. The van der Waals surface area contributed by atoms with Crippen LogP contribution in [0.25, 0.3) is 0 Å². The molecular weight excluding hydrogens is 216 g/mol. The van der Waals surface area contributed by atoms with Crippen LogP contribution in [-0.2, 0) is 4.74 Å². The van der Waals surface area contributed by atoms with Crippen molar-refractivity contribution >= 4 is 5.69 Å². The first kappa shape index (κ1) is 12.3. The lowest BCUT2D eigenvalue weighted by Crippen LogP contribution is -2.48. The number of morpholine rings is 1. The Balaban J connectivity index is 2.12. The van der Waals surface area contributed by atoms with Gasteiger partial charge in [-0.2, -0.15) is 0 Å². The smallest absolute Gasteiger partial charge is 0.0931 e. The average Bonchev–Trinajstić information content (AvgIpc) is 2.28. The second-order valence-electron chi connectivity index (χ2n) is 5.15. The Labute approximate surface area is 102 Å². The van der Waals surface area contributed by atoms with Crippen molar-refractivity contribution in [2.24, 2.45) is 0 Å². The molecule has 17 heavy (non-hydrogen) atoms. The quantitative estimate of drug-likeness (QED) is 0.849. The molecule has 2 rings (SSSR count). The second-order valence-corrected chi connectivity index (χ2v) is 5.15. The van der Waals surface area contributed by atoms with E-state index in [1.807, 2.05) is 18.3 Å². The Bertz CT molecular complexity index is 374. The molecule has 1 aromatic rings. The van der Waals surface area contributed by atoms with Crippen molar-refractivity contribution < 1.29 is 9.84 Å². The van der Waals surface area contributed by atoms with Gasteiger partial charge in [0.15, 0.2) is 0 Å². The van der Waals surface area contributed by atoms with Crippen molar-refractivity contribution in [1.29, 1.82) is 0 Å². The molecule has 1 aliphatic rings. The number of aliphatic hydroxyl groups excluding tert-OH is 1. The largest absolute Gasteiger partial charge is 0.387 e. The molecule has 1 fully saturated rings. The lowest BCUT2D eigenvalue weighted by atomic mass is 10.1. The van der Waals surface area contributed by atoms with E-state index in [4.69, 9.17) is 4.74 Å². The zero-order valence-electron chi connectivity index (χ0n) is 10.7. The van der Waals surface area contributed by atoms with Gasteiger partial charge >= 0.3 is 0 Å². The van der Waals surface area contributed by atoms with E-state index >= 15 is 0 Å². The molecule has 0 saturated carbocycles. The fraction of sp³-hybridized carbons (Fsp3) is 0.615. The molecule has 0 amide bonds. The summed E-state index contributed by atoms with van der Waals surface area (Å²) in [5, 5.41) is 9.41. The van der Waals surface area contributed by atoms with E-state index in [1.54, 1.807) is 6.92 Å². The zero-order valence-corrected chi connectivity index (χ0v) is 10.7. The lowest BCUT2D eigenvalue weighted by molar-refractivity contribution is -0.0277. The molecule has 1 saturated heterocycles. The fourth-order valence-electron chi connectivity index (χ4n) is 2.07. The van der Waals surface area contributed by atoms with E-state index in [0.717, 1.165) is 25.4 Å². The van der Waals surface area contributed by atoms with E-state index in [2.05, 4.69) is 23.7 Å². The van der Waals surface area contributed by atoms with E-state index in [9.17, 15) is 5.11 Å². The average molecular weight is 236 g/mol. The minimum absolute atomic E-state index is 0.110. The van der Waals surface area contributed by atoms with Crippen LogP contribution < -0.4 is 4.90 Å². The predicted molar refractivity (Wildman–Crippen MR) is 67.1 cm³/mol. The summed E-state index contributed by atoms with van der Waals surface area (Å²) in [6.45, 7) is 8.40. The standard InChI is InChI=1S/C13H20N2O2/c1-10(16)12-5-4-11(8-14-12)15-6-7-17-13(2,3)9-15/h4-5,8,10,16H,6-7,9H2,1-3H3/t10-/m1/s1. The van der Waals surface area contributed by atoms with Crippen LogP contribution in [0.4, 0.5) is 5.69 Å². The molecule has 0 spiro atoms. The summed E-state index contributed by atoms with van der Waals surface area (Å²) in [6.07, 6.45) is 1.31. The Morgan fingerprint density at radius 2 is 2.24 bits per heavy atom. The molecular formula is C13H20N2O2. The van der Waals surface area contributed by atoms with Gasteiger partial charge in [0.05, 0.1) is 35.9 Å². The summed E-state index contributed by atoms with van der Waals surface area (Å²) in [7, 11) is 0. The Hall–Kier alpha value is -1.13. The highest BCUT2D eigenvalue weighted by Crippen LogP contribution is 2.23. The molecule has 2 heterocycles. The SMILES string of the molecule is C[C@@H](O)c1ccc(N2CCOC(C)(C)C2)cn1. The Morgan fingerprint density at radius 3 is 2.76 bits per heavy atom. The van der Waals surface area contributed by atoms with Gasteiger partial charge in [-0.3, -0.25) is 4.98 Å². The monoisotopic (exact) mass is 236 g/mol. The molecule has 0 aromatic carbocycles. The number of aromatic nitrogens is 1. The van der Waals surface area contributed by atoms with E-state index in [1.165, 1.54) is 0 Å². The number of rotatable bonds is 2. The van der Waals surface area contributed by atoms with E-state index in [0.29, 0.717) is 5.69 Å². The number of aliphatic hydroxyl groups is 1. The maximum Gasteiger partial charge on any atom is 0.0931 e. The normalized spacial score (nSPS) is 21.3. The van der Waals surface area contributed by atoms with Gasteiger partial charge in [-0.1, -0.05) is 0 Å². The van der Waals surface area contributed by atoms with Crippen LogP contribution in [0.2, 0.25) is 0 Å². The van der Waals surface area contributed by atoms with Gasteiger partial charge in [0.2, 0.25) is 0 Å². The third-order valence-corrected chi connectivity index (χ3v) is 2.99. The van der Waals surface area contributed by atoms with Gasteiger partial charge in [-0.05, 0) is 32.9 Å². The molecule has 4 nitrogen and oxygen atoms in total. The van der Waals surface area contributed by atoms with Gasteiger partial charge in [0.1, 0.15) is 0 Å². The van der Waals surface area contributed by atoms with Gasteiger partial charge in [-0.15, -0.1) is 0 Å². The summed E-state index contributed by atoms with van der Waals surface area (Å²) in [6, 6.07) is 3.89. The molecule has 1 atom stereocenters. The number of pyridine rings is 1. The molecule has 4 heteroatoms. The topological polar surface area (TPSA) is 45.6 Å². The van der Waals surface area contributed by atoms with Crippen molar-refractivity contribution in [3.05, 3.63) is 24.0 Å². The van der Waals surface area contributed by atoms with Crippen molar-refractivity contribution in [2.75, 3.05) is 24.6 Å². The Kier molecular flexibility index (Phi) is 3.35. The number of hydrogen-bond donors (Lipinski definition) is 1. The predicted octanol–water partition coefficient (Wildman–Crippen LogP) is 1.75. The highest BCUT2D eigenvalue weighted by molar-refractivity contribution is 5.45. The number of hydrogen-bond acceptors (Lipinski definition) is 4. The maximum atomic E-state index is 9.41. The van der Waals surface area contributed by atoms with Gasteiger partial charge in [-0.25, -0.2) is 0 Å². The van der Waals surface area contributed by atoms with E-state index in [-0.39, 0.29) is 5.60 Å². The van der Waals surface area contributed by atoms with Crippen LogP contribution in [0.3, 0.4) is 0 Å². The van der Waals surface area contributed by atoms with Gasteiger partial charge in [0, 0.05) is 13.1 Å². The highest BCUT2D eigenvalue weighted by atomic mass is 16.5. The van der Waals surface area contributed by atoms with E-state index < -0.39 is 6.10 Å². The van der Waals surface area contributed by atoms with Crippen LogP contribution >= 0.6 is 0 Å². The lowest BCUT2D eigenvalue weighted by Gasteiger charge is -2.39. The first-order valence-corrected chi connectivity index (χ1v) is 6.01. The molecule has 1 N–H and O–H groups in total. The van der Waals surface area contributed by atoms with Crippen LogP contribution in [0, 0.1) is 0 Å². The summed E-state index contributed by atoms with van der Waals surface area (Å²) in [5.74, 6) is 0. The molecule has 1 aliphatic heterocycles. The Morgan fingerprint density at radius 1 is 1.47 bits per heavy atom. The van der Waals surface area contributed by atoms with Gasteiger partial charge < -0.3 is 14.7 Å². The summed E-state index contributed by atoms with van der Waals surface area (Å²) < 4.78 is 5.68. The zero-order chi connectivity index (χ0) is 12.5. The third kappa shape index (κ3) is 2.96. The first-order chi connectivity index (χ1) is 7.98. The summed E-state index contributed by atoms with van der Waals surface area (Å²) in [4.78, 5) is 6.53. The minimum atomic E-state index is -0.509. The molecule has 1 aromatic heterocycles. The van der Waals surface area contributed by atoms with Gasteiger partial charge in [0.25, 0.3) is 0 Å². The van der Waals surface area contributed by atoms with Crippen LogP contribution in [0.15, 0.2) is 18.3 Å². The molecule has 0 radical (unpaired) electrons.